The van der Waals surface area contributed by atoms with Gasteiger partial charge in [0.15, 0.2) is 23.3 Å². The Labute approximate surface area is 115 Å². The van der Waals surface area contributed by atoms with E-state index in [2.05, 4.69) is 4.99 Å². The zero-order chi connectivity index (χ0) is 14.9. The highest BCUT2D eigenvalue weighted by Crippen LogP contribution is 2.23. The molecular weight excluding hydrogens is 301 g/mol. The van der Waals surface area contributed by atoms with Crippen LogP contribution in [0.25, 0.3) is 0 Å². The zero-order valence-corrected chi connectivity index (χ0v) is 10.4. The molecule has 2 aromatic rings. The molecule has 0 heterocycles. The Kier molecular flexibility index (Phi) is 4.04. The molecule has 0 aliphatic heterocycles. The van der Waals surface area contributed by atoms with Crippen molar-refractivity contribution in [3.63, 3.8) is 0 Å². The zero-order valence-electron chi connectivity index (χ0n) is 9.60. The van der Waals surface area contributed by atoms with Crippen LogP contribution in [0.2, 0.25) is 5.02 Å². The molecule has 1 nitrogen and oxygen atoms in total. The fourth-order valence-electron chi connectivity index (χ4n) is 1.40. The molecule has 0 aliphatic rings. The minimum Gasteiger partial charge on any atom is -0.256 e. The van der Waals surface area contributed by atoms with Gasteiger partial charge in [-0.3, -0.25) is 4.99 Å². The van der Waals surface area contributed by atoms with Crippen LogP contribution in [0.3, 0.4) is 0 Å². The van der Waals surface area contributed by atoms with Crippen molar-refractivity contribution in [2.75, 3.05) is 0 Å². The van der Waals surface area contributed by atoms with Gasteiger partial charge in [-0.2, -0.15) is 0 Å². The van der Waals surface area contributed by atoms with Crippen LogP contribution in [0.15, 0.2) is 29.3 Å². The number of hydrogen-bond acceptors (Lipinski definition) is 1. The molecule has 0 bridgehead atoms. The van der Waals surface area contributed by atoms with E-state index in [-0.39, 0.29) is 5.69 Å². The Morgan fingerprint density at radius 1 is 0.750 bits per heavy atom. The van der Waals surface area contributed by atoms with Crippen LogP contribution in [-0.4, -0.2) is 6.21 Å². The first-order valence-electron chi connectivity index (χ1n) is 5.23. The number of nitrogens with zero attached hydrogens (tertiary/aromatic N) is 1. The molecule has 0 saturated carbocycles. The van der Waals surface area contributed by atoms with E-state index in [0.29, 0.717) is 11.2 Å². The van der Waals surface area contributed by atoms with Crippen LogP contribution in [-0.2, 0) is 0 Å². The third-order valence-electron chi connectivity index (χ3n) is 2.41. The van der Waals surface area contributed by atoms with Gasteiger partial charge < -0.3 is 0 Å². The lowest BCUT2D eigenvalue weighted by atomic mass is 10.2. The van der Waals surface area contributed by atoms with Crippen molar-refractivity contribution in [1.29, 1.82) is 0 Å². The van der Waals surface area contributed by atoms with E-state index in [1.54, 1.807) is 0 Å². The predicted octanol–water partition coefficient (Wildman–Crippen LogP) is 4.79. The molecule has 0 atom stereocenters. The minimum atomic E-state index is -2.20. The van der Waals surface area contributed by atoms with Crippen LogP contribution in [0, 0.1) is 29.1 Å². The first-order valence-corrected chi connectivity index (χ1v) is 5.60. The number of rotatable bonds is 2. The fraction of sp³-hybridized carbons (Fsp3) is 0. The van der Waals surface area contributed by atoms with Gasteiger partial charge in [0.1, 0.15) is 0 Å². The molecule has 0 aliphatic carbocycles. The molecular formula is C13H5ClF5N. The Hall–Kier alpha value is -1.95. The Balaban J connectivity index is 2.46. The molecule has 0 fully saturated rings. The van der Waals surface area contributed by atoms with Gasteiger partial charge in [-0.15, -0.1) is 0 Å². The molecule has 0 radical (unpaired) electrons. The van der Waals surface area contributed by atoms with Crippen molar-refractivity contribution in [2.24, 2.45) is 4.99 Å². The SMILES string of the molecule is Fc1c(F)c(F)c(C=Nc2ccc(Cl)cc2)c(F)c1F. The third-order valence-corrected chi connectivity index (χ3v) is 2.67. The number of hydrogen-bond donors (Lipinski definition) is 0. The fourth-order valence-corrected chi connectivity index (χ4v) is 1.53. The van der Waals surface area contributed by atoms with Crippen LogP contribution in [0.4, 0.5) is 27.6 Å². The van der Waals surface area contributed by atoms with Crippen LogP contribution >= 0.6 is 11.6 Å². The lowest BCUT2D eigenvalue weighted by Crippen LogP contribution is -2.06. The summed E-state index contributed by atoms with van der Waals surface area (Å²) >= 11 is 5.63. The highest BCUT2D eigenvalue weighted by atomic mass is 35.5. The first-order chi connectivity index (χ1) is 9.41. The highest BCUT2D eigenvalue weighted by Gasteiger charge is 2.24. The van der Waals surface area contributed by atoms with Crippen LogP contribution < -0.4 is 0 Å². The van der Waals surface area contributed by atoms with Gasteiger partial charge in [0.2, 0.25) is 5.82 Å². The monoisotopic (exact) mass is 305 g/mol. The molecule has 104 valence electrons. The van der Waals surface area contributed by atoms with Gasteiger partial charge in [0.25, 0.3) is 0 Å². The molecule has 0 unspecified atom stereocenters. The van der Waals surface area contributed by atoms with Crippen LogP contribution in [0.5, 0.6) is 0 Å². The summed E-state index contributed by atoms with van der Waals surface area (Å²) in [7, 11) is 0. The Bertz CT molecular complexity index is 653. The van der Waals surface area contributed by atoms with E-state index in [1.165, 1.54) is 24.3 Å². The van der Waals surface area contributed by atoms with Gasteiger partial charge >= 0.3 is 0 Å². The van der Waals surface area contributed by atoms with Crippen molar-refractivity contribution < 1.29 is 22.0 Å². The summed E-state index contributed by atoms with van der Waals surface area (Å²) in [5.74, 6) is -10.1. The Morgan fingerprint density at radius 2 is 1.20 bits per heavy atom. The highest BCUT2D eigenvalue weighted by molar-refractivity contribution is 6.30. The predicted molar refractivity (Wildman–Crippen MR) is 64.9 cm³/mol. The molecule has 2 rings (SSSR count). The second-order valence-electron chi connectivity index (χ2n) is 3.72. The van der Waals surface area contributed by atoms with Gasteiger partial charge in [-0.25, -0.2) is 22.0 Å². The summed E-state index contributed by atoms with van der Waals surface area (Å²) in [6, 6.07) is 5.77. The van der Waals surface area contributed by atoms with E-state index in [4.69, 9.17) is 11.6 Å². The van der Waals surface area contributed by atoms with Crippen molar-refractivity contribution in [1.82, 2.24) is 0 Å². The molecule has 2 aromatic carbocycles. The average molecular weight is 306 g/mol. The number of halogens is 6. The maximum Gasteiger partial charge on any atom is 0.200 e. The standard InChI is InChI=1S/C13H5ClF5N/c14-6-1-3-7(4-2-6)20-5-8-9(15)11(17)13(19)12(18)10(8)16/h1-5H. The first kappa shape index (κ1) is 14.5. The minimum absolute atomic E-state index is 0.248. The van der Waals surface area contributed by atoms with Gasteiger partial charge in [0, 0.05) is 11.2 Å². The quantitative estimate of drug-likeness (QED) is 0.327. The lowest BCUT2D eigenvalue weighted by molar-refractivity contribution is 0.377. The topological polar surface area (TPSA) is 12.4 Å². The Morgan fingerprint density at radius 3 is 1.70 bits per heavy atom. The summed E-state index contributed by atoms with van der Waals surface area (Å²) in [6.45, 7) is 0. The second-order valence-corrected chi connectivity index (χ2v) is 4.15. The van der Waals surface area contributed by atoms with Crippen LogP contribution in [0.1, 0.15) is 5.56 Å². The summed E-state index contributed by atoms with van der Waals surface area (Å²) < 4.78 is 65.4. The van der Waals surface area contributed by atoms with Crippen molar-refractivity contribution >= 4 is 23.5 Å². The average Bonchev–Trinajstić information content (AvgIpc) is 2.45. The van der Waals surface area contributed by atoms with E-state index < -0.39 is 34.6 Å². The lowest BCUT2D eigenvalue weighted by Gasteiger charge is -2.03. The van der Waals surface area contributed by atoms with Crippen molar-refractivity contribution in [2.45, 2.75) is 0 Å². The molecule has 0 spiro atoms. The maximum atomic E-state index is 13.3. The van der Waals surface area contributed by atoms with E-state index in [9.17, 15) is 22.0 Å². The molecule has 0 amide bonds. The van der Waals surface area contributed by atoms with Crippen molar-refractivity contribution in [3.8, 4) is 0 Å². The van der Waals surface area contributed by atoms with Crippen molar-refractivity contribution in [3.05, 3.63) is 63.9 Å². The van der Waals surface area contributed by atoms with E-state index in [0.717, 1.165) is 0 Å². The molecule has 20 heavy (non-hydrogen) atoms. The maximum absolute atomic E-state index is 13.3. The summed E-state index contributed by atoms with van der Waals surface area (Å²) in [5, 5.41) is 0.417. The second kappa shape index (κ2) is 5.58. The van der Waals surface area contributed by atoms with Gasteiger partial charge in [0.05, 0.1) is 11.3 Å². The smallest absolute Gasteiger partial charge is 0.200 e. The van der Waals surface area contributed by atoms with E-state index in [1.807, 2.05) is 0 Å². The molecule has 7 heteroatoms. The molecule has 0 saturated heterocycles. The normalized spacial score (nSPS) is 11.3. The summed E-state index contributed by atoms with van der Waals surface area (Å²) in [4.78, 5) is 3.63. The number of benzene rings is 2. The third kappa shape index (κ3) is 2.65. The van der Waals surface area contributed by atoms with Gasteiger partial charge in [-0.05, 0) is 24.3 Å². The molecule has 0 N–H and O–H groups in total. The van der Waals surface area contributed by atoms with Gasteiger partial charge in [-0.1, -0.05) is 11.6 Å². The largest absolute Gasteiger partial charge is 0.256 e. The molecule has 0 aromatic heterocycles. The summed E-state index contributed by atoms with van der Waals surface area (Å²) in [5.41, 5.74) is -0.852. The summed E-state index contributed by atoms with van der Waals surface area (Å²) in [6.07, 6.45) is 0.569. The number of aliphatic imine (C=N–C) groups is 1. The van der Waals surface area contributed by atoms with E-state index >= 15 is 0 Å².